The highest BCUT2D eigenvalue weighted by Crippen LogP contribution is 2.11. The molecule has 2 aromatic heterocycles. The molecule has 0 N–H and O–H groups in total. The van der Waals surface area contributed by atoms with Gasteiger partial charge in [-0.25, -0.2) is 9.64 Å². The van der Waals surface area contributed by atoms with E-state index in [0.29, 0.717) is 11.5 Å². The van der Waals surface area contributed by atoms with Crippen molar-refractivity contribution in [2.75, 3.05) is 13.2 Å². The summed E-state index contributed by atoms with van der Waals surface area (Å²) in [5, 5.41) is 8.97. The van der Waals surface area contributed by atoms with Gasteiger partial charge >= 0.3 is 11.9 Å². The summed E-state index contributed by atoms with van der Waals surface area (Å²) in [7, 11) is 0. The fraction of sp³-hybridized carbons (Fsp3) is 0.111. The molecule has 8 nitrogen and oxygen atoms in total. The van der Waals surface area contributed by atoms with Crippen LogP contribution in [0.5, 0.6) is 0 Å². The molecule has 0 aliphatic heterocycles. The van der Waals surface area contributed by atoms with Crippen LogP contribution in [0, 0.1) is 17.9 Å². The van der Waals surface area contributed by atoms with Gasteiger partial charge in [0.05, 0.1) is 19.1 Å². The second-order valence-electron chi connectivity index (χ2n) is 4.61. The minimum absolute atomic E-state index is 0.258. The maximum atomic E-state index is 11.8. The number of carbonyl (C=O) groups excluding carboxylic acids is 2. The van der Waals surface area contributed by atoms with Crippen molar-refractivity contribution in [1.29, 1.82) is 5.26 Å². The van der Waals surface area contributed by atoms with Crippen LogP contribution in [0.15, 0.2) is 56.9 Å². The number of nitriles is 1. The summed E-state index contributed by atoms with van der Waals surface area (Å²) < 4.78 is 19.7. The zero-order valence-electron chi connectivity index (χ0n) is 13.4. The van der Waals surface area contributed by atoms with E-state index in [1.807, 2.05) is 0 Å². The summed E-state index contributed by atoms with van der Waals surface area (Å²) in [5.41, 5.74) is -0.535. The quantitative estimate of drug-likeness (QED) is 0.248. The molecule has 0 fully saturated rings. The van der Waals surface area contributed by atoms with E-state index in [-0.39, 0.29) is 24.5 Å². The first kappa shape index (κ1) is 18.3. The molecular formula is C18H12N2O6. The summed E-state index contributed by atoms with van der Waals surface area (Å²) in [6.07, 6.45) is 5.27. The Balaban J connectivity index is 1.82. The Morgan fingerprint density at radius 3 is 2.15 bits per heavy atom. The first-order valence-corrected chi connectivity index (χ1v) is 7.26. The maximum absolute atomic E-state index is 11.8. The Morgan fingerprint density at radius 2 is 1.65 bits per heavy atom. The highest BCUT2D eigenvalue weighted by Gasteiger charge is 2.14. The van der Waals surface area contributed by atoms with Gasteiger partial charge in [0.25, 0.3) is 5.70 Å². The Kier molecular flexibility index (Phi) is 6.55. The molecule has 0 aromatic carbocycles. The molecule has 8 heteroatoms. The van der Waals surface area contributed by atoms with Gasteiger partial charge in [0.2, 0.25) is 0 Å². The molecule has 0 aliphatic carbocycles. The minimum Gasteiger partial charge on any atom is -0.467 e. The largest absolute Gasteiger partial charge is 0.467 e. The second kappa shape index (κ2) is 9.30. The lowest BCUT2D eigenvalue weighted by molar-refractivity contribution is -0.146. The molecule has 2 heterocycles. The lowest BCUT2D eigenvalue weighted by atomic mass is 10.2. The van der Waals surface area contributed by atoms with E-state index >= 15 is 0 Å². The van der Waals surface area contributed by atoms with Gasteiger partial charge in [0.15, 0.2) is 0 Å². The van der Waals surface area contributed by atoms with Crippen LogP contribution in [-0.4, -0.2) is 25.2 Å². The van der Waals surface area contributed by atoms with Crippen LogP contribution in [0.1, 0.15) is 11.5 Å². The number of hydrogen-bond acceptors (Lipinski definition) is 7. The lowest BCUT2D eigenvalue weighted by Gasteiger charge is -2.05. The van der Waals surface area contributed by atoms with Crippen molar-refractivity contribution in [3.63, 3.8) is 0 Å². The van der Waals surface area contributed by atoms with E-state index in [9.17, 15) is 9.59 Å². The number of esters is 2. The van der Waals surface area contributed by atoms with Crippen LogP contribution in [0.4, 0.5) is 0 Å². The van der Waals surface area contributed by atoms with Gasteiger partial charge in [-0.1, -0.05) is 0 Å². The highest BCUT2D eigenvalue weighted by molar-refractivity contribution is 5.97. The van der Waals surface area contributed by atoms with E-state index in [4.69, 9.17) is 30.1 Å². The zero-order chi connectivity index (χ0) is 18.8. The number of ether oxygens (including phenoxy) is 2. The van der Waals surface area contributed by atoms with Gasteiger partial charge in [-0.15, -0.1) is 0 Å². The molecule has 0 saturated carbocycles. The van der Waals surface area contributed by atoms with Crippen LogP contribution < -0.4 is 0 Å². The van der Waals surface area contributed by atoms with Gasteiger partial charge in [-0.05, 0) is 30.3 Å². The van der Waals surface area contributed by atoms with Crippen LogP contribution in [-0.2, 0) is 19.1 Å². The second-order valence-corrected chi connectivity index (χ2v) is 4.61. The predicted molar refractivity (Wildman–Crippen MR) is 87.5 cm³/mol. The molecule has 2 rings (SSSR count). The SMILES string of the molecule is [C-]#[N+]/C(=C\c1ccco1)C(=O)OCCOC(=O)/C(C#N)=C/c1ccco1. The number of carbonyl (C=O) groups is 2. The van der Waals surface area contributed by atoms with Gasteiger partial charge in [-0.2, -0.15) is 5.26 Å². The summed E-state index contributed by atoms with van der Waals surface area (Å²) in [6.45, 7) is 6.45. The third-order valence-electron chi connectivity index (χ3n) is 2.87. The molecule has 130 valence electrons. The van der Waals surface area contributed by atoms with E-state index in [0.717, 1.165) is 0 Å². The average Bonchev–Trinajstić information content (AvgIpc) is 3.34. The van der Waals surface area contributed by atoms with Crippen LogP contribution in [0.25, 0.3) is 17.0 Å². The van der Waals surface area contributed by atoms with Crippen LogP contribution >= 0.6 is 0 Å². The molecule has 0 bridgehead atoms. The minimum atomic E-state index is -0.878. The number of furan rings is 2. The Bertz CT molecular complexity index is 816. The molecule has 2 aromatic rings. The Labute approximate surface area is 148 Å². The van der Waals surface area contributed by atoms with Crippen molar-refractivity contribution in [1.82, 2.24) is 0 Å². The van der Waals surface area contributed by atoms with E-state index in [1.165, 1.54) is 24.7 Å². The van der Waals surface area contributed by atoms with Crippen LogP contribution in [0.3, 0.4) is 0 Å². The molecule has 0 spiro atoms. The van der Waals surface area contributed by atoms with E-state index < -0.39 is 11.9 Å². The van der Waals surface area contributed by atoms with Gasteiger partial charge in [0, 0.05) is 6.08 Å². The fourth-order valence-corrected chi connectivity index (χ4v) is 1.72. The average molecular weight is 352 g/mol. The first-order valence-electron chi connectivity index (χ1n) is 7.26. The summed E-state index contributed by atoms with van der Waals surface area (Å²) in [5.74, 6) is -1.09. The van der Waals surface area contributed by atoms with E-state index in [1.54, 1.807) is 30.3 Å². The topological polar surface area (TPSA) is 107 Å². The van der Waals surface area contributed by atoms with Crippen molar-refractivity contribution in [3.05, 3.63) is 71.0 Å². The van der Waals surface area contributed by atoms with Gasteiger partial charge in [-0.3, -0.25) is 4.79 Å². The summed E-state index contributed by atoms with van der Waals surface area (Å²) >= 11 is 0. The Hall–Kier alpha value is -4.04. The van der Waals surface area contributed by atoms with Gasteiger partial charge in [0.1, 0.15) is 36.4 Å². The summed E-state index contributed by atoms with van der Waals surface area (Å²) in [4.78, 5) is 26.6. The smallest absolute Gasteiger partial charge is 0.349 e. The zero-order valence-corrected chi connectivity index (χ0v) is 13.4. The molecule has 0 unspecified atom stereocenters. The van der Waals surface area contributed by atoms with Gasteiger partial charge < -0.3 is 18.3 Å². The Morgan fingerprint density at radius 1 is 1.08 bits per heavy atom. The third kappa shape index (κ3) is 5.25. The lowest BCUT2D eigenvalue weighted by Crippen LogP contribution is -2.15. The maximum Gasteiger partial charge on any atom is 0.349 e. The van der Waals surface area contributed by atoms with Crippen molar-refractivity contribution >= 4 is 24.1 Å². The normalized spacial score (nSPS) is 11.3. The standard InChI is InChI=1S/C18H12N2O6/c1-20-16(11-15-5-3-7-24-15)18(22)26-9-8-25-17(21)13(12-19)10-14-4-2-6-23-14/h2-7,10-11H,8-9H2/b13-10+,16-11-. The third-order valence-corrected chi connectivity index (χ3v) is 2.87. The number of nitrogens with zero attached hydrogens (tertiary/aromatic N) is 2. The number of hydrogen-bond donors (Lipinski definition) is 0. The highest BCUT2D eigenvalue weighted by atomic mass is 16.6. The molecule has 0 radical (unpaired) electrons. The first-order chi connectivity index (χ1) is 12.6. The van der Waals surface area contributed by atoms with E-state index in [2.05, 4.69) is 4.85 Å². The monoisotopic (exact) mass is 352 g/mol. The number of rotatable bonds is 7. The molecule has 26 heavy (non-hydrogen) atoms. The molecule has 0 amide bonds. The fourth-order valence-electron chi connectivity index (χ4n) is 1.72. The van der Waals surface area contributed by atoms with Crippen molar-refractivity contribution in [3.8, 4) is 6.07 Å². The van der Waals surface area contributed by atoms with Crippen molar-refractivity contribution in [2.45, 2.75) is 0 Å². The predicted octanol–water partition coefficient (Wildman–Crippen LogP) is 2.83. The van der Waals surface area contributed by atoms with Crippen molar-refractivity contribution in [2.24, 2.45) is 0 Å². The van der Waals surface area contributed by atoms with Crippen LogP contribution in [0.2, 0.25) is 0 Å². The molecular weight excluding hydrogens is 340 g/mol. The molecule has 0 aliphatic rings. The molecule has 0 saturated heterocycles. The van der Waals surface area contributed by atoms with Crippen molar-refractivity contribution < 1.29 is 27.9 Å². The molecule has 0 atom stereocenters. The summed E-state index contributed by atoms with van der Waals surface area (Å²) in [6, 6.07) is 8.07.